The molecule has 1 atom stereocenters. The van der Waals surface area contributed by atoms with Crippen LogP contribution < -0.4 is 9.64 Å². The molecular formula is C32H28ClN3O4. The number of nitrogens with one attached hydrogen (secondary N) is 1. The van der Waals surface area contributed by atoms with Crippen molar-refractivity contribution in [3.05, 3.63) is 107 Å². The van der Waals surface area contributed by atoms with E-state index < -0.39 is 12.1 Å². The molecule has 40 heavy (non-hydrogen) atoms. The number of carboxylic acid groups (broad SMARTS) is 1. The molecule has 202 valence electrons. The number of aromatic nitrogens is 2. The van der Waals surface area contributed by atoms with E-state index in [1.165, 1.54) is 0 Å². The van der Waals surface area contributed by atoms with Gasteiger partial charge in [0.1, 0.15) is 22.7 Å². The van der Waals surface area contributed by atoms with Crippen LogP contribution in [0, 0.1) is 5.92 Å². The van der Waals surface area contributed by atoms with Crippen LogP contribution in [0.4, 0.5) is 5.69 Å². The standard InChI is InChI=1S/C32H28ClN3O4/c33-23-7-5-20(6-8-23)26-3-1-2-4-27(26)30(37)21-12-15-36(16-13-21)24-9-10-28(32(38)39)29(18-24)40-25-17-22-11-14-34-31(22)35-19-25/h1-11,14,17-19,21,30,37H,12-13,15-16H2,(H,34,35)(H,38,39)/t30-/m1/s1. The molecule has 1 aliphatic heterocycles. The van der Waals surface area contributed by atoms with Crippen LogP contribution in [-0.4, -0.2) is 39.2 Å². The van der Waals surface area contributed by atoms with Gasteiger partial charge in [0, 0.05) is 41.4 Å². The average molecular weight is 554 g/mol. The molecule has 0 spiro atoms. The summed E-state index contributed by atoms with van der Waals surface area (Å²) in [4.78, 5) is 21.5. The van der Waals surface area contributed by atoms with Gasteiger partial charge in [-0.25, -0.2) is 9.78 Å². The van der Waals surface area contributed by atoms with Crippen LogP contribution in [0.3, 0.4) is 0 Å². The molecule has 5 aromatic rings. The third kappa shape index (κ3) is 5.26. The van der Waals surface area contributed by atoms with E-state index >= 15 is 0 Å². The van der Waals surface area contributed by atoms with Gasteiger partial charge in [-0.2, -0.15) is 0 Å². The van der Waals surface area contributed by atoms with E-state index in [1.54, 1.807) is 24.5 Å². The Labute approximate surface area is 236 Å². The van der Waals surface area contributed by atoms with E-state index in [4.69, 9.17) is 16.3 Å². The maximum atomic E-state index is 11.9. The van der Waals surface area contributed by atoms with E-state index in [2.05, 4.69) is 14.9 Å². The number of benzene rings is 3. The number of halogens is 1. The molecule has 1 saturated heterocycles. The Balaban J connectivity index is 1.18. The summed E-state index contributed by atoms with van der Waals surface area (Å²) < 4.78 is 6.03. The molecule has 0 amide bonds. The van der Waals surface area contributed by atoms with Crippen molar-refractivity contribution in [3.8, 4) is 22.6 Å². The SMILES string of the molecule is O=C(O)c1ccc(N2CCC([C@@H](O)c3ccccc3-c3ccc(Cl)cc3)CC2)cc1Oc1cnc2[nH]ccc2c1. The molecule has 3 aromatic carbocycles. The highest BCUT2D eigenvalue weighted by molar-refractivity contribution is 6.30. The Morgan fingerprint density at radius 3 is 2.58 bits per heavy atom. The second-order valence-corrected chi connectivity index (χ2v) is 10.5. The van der Waals surface area contributed by atoms with Crippen molar-refractivity contribution in [2.24, 2.45) is 5.92 Å². The van der Waals surface area contributed by atoms with E-state index in [0.717, 1.165) is 59.3 Å². The minimum Gasteiger partial charge on any atom is -0.478 e. The number of aliphatic hydroxyl groups is 1. The summed E-state index contributed by atoms with van der Waals surface area (Å²) in [5.41, 5.74) is 4.64. The van der Waals surface area contributed by atoms with Gasteiger partial charge in [0.05, 0.1) is 12.3 Å². The van der Waals surface area contributed by atoms with Crippen LogP contribution in [-0.2, 0) is 0 Å². The largest absolute Gasteiger partial charge is 0.478 e. The first-order valence-corrected chi connectivity index (χ1v) is 13.6. The number of H-pyrrole nitrogens is 1. The van der Waals surface area contributed by atoms with E-state index in [0.29, 0.717) is 10.8 Å². The number of anilines is 1. The molecule has 3 heterocycles. The highest BCUT2D eigenvalue weighted by atomic mass is 35.5. The fraction of sp³-hybridized carbons (Fsp3) is 0.188. The van der Waals surface area contributed by atoms with Crippen LogP contribution in [0.1, 0.15) is 34.9 Å². The van der Waals surface area contributed by atoms with Gasteiger partial charge in [0.2, 0.25) is 0 Å². The first-order chi connectivity index (χ1) is 19.5. The quantitative estimate of drug-likeness (QED) is 0.195. The van der Waals surface area contributed by atoms with Crippen molar-refractivity contribution in [2.75, 3.05) is 18.0 Å². The number of ether oxygens (including phenoxy) is 1. The van der Waals surface area contributed by atoms with Crippen LogP contribution in [0.25, 0.3) is 22.2 Å². The highest BCUT2D eigenvalue weighted by Gasteiger charge is 2.28. The van der Waals surface area contributed by atoms with Gasteiger partial charge in [-0.3, -0.25) is 0 Å². The van der Waals surface area contributed by atoms with Gasteiger partial charge in [-0.05, 0) is 71.8 Å². The van der Waals surface area contributed by atoms with Crippen molar-refractivity contribution in [3.63, 3.8) is 0 Å². The Hall–Kier alpha value is -4.33. The molecule has 3 N–H and O–H groups in total. The number of pyridine rings is 1. The summed E-state index contributed by atoms with van der Waals surface area (Å²) >= 11 is 6.08. The van der Waals surface area contributed by atoms with Crippen molar-refractivity contribution in [2.45, 2.75) is 18.9 Å². The number of aliphatic hydroxyl groups excluding tert-OH is 1. The number of aromatic carboxylic acids is 1. The second-order valence-electron chi connectivity index (χ2n) is 10.0. The minimum absolute atomic E-state index is 0.0852. The predicted molar refractivity (Wildman–Crippen MR) is 156 cm³/mol. The third-order valence-electron chi connectivity index (χ3n) is 7.58. The Morgan fingerprint density at radius 2 is 1.80 bits per heavy atom. The molecule has 8 heteroatoms. The van der Waals surface area contributed by atoms with Crippen molar-refractivity contribution < 1.29 is 19.7 Å². The van der Waals surface area contributed by atoms with Crippen molar-refractivity contribution >= 4 is 34.3 Å². The maximum Gasteiger partial charge on any atom is 0.339 e. The molecule has 6 rings (SSSR count). The van der Waals surface area contributed by atoms with Crippen molar-refractivity contribution in [1.29, 1.82) is 0 Å². The molecule has 0 unspecified atom stereocenters. The molecular weight excluding hydrogens is 526 g/mol. The Bertz CT molecular complexity index is 1660. The van der Waals surface area contributed by atoms with E-state index in [-0.39, 0.29) is 17.2 Å². The van der Waals surface area contributed by atoms with Gasteiger partial charge in [0.15, 0.2) is 0 Å². The average Bonchev–Trinajstić information content (AvgIpc) is 3.45. The summed E-state index contributed by atoms with van der Waals surface area (Å²) in [5.74, 6) is -0.232. The zero-order valence-corrected chi connectivity index (χ0v) is 22.4. The summed E-state index contributed by atoms with van der Waals surface area (Å²) in [6, 6.07) is 24.5. The number of nitrogens with zero attached hydrogens (tertiary/aromatic N) is 2. The fourth-order valence-electron chi connectivity index (χ4n) is 5.45. The third-order valence-corrected chi connectivity index (χ3v) is 7.84. The number of rotatable bonds is 7. The zero-order valence-electron chi connectivity index (χ0n) is 21.6. The lowest BCUT2D eigenvalue weighted by atomic mass is 9.84. The molecule has 0 bridgehead atoms. The van der Waals surface area contributed by atoms with Gasteiger partial charge in [-0.1, -0.05) is 48.0 Å². The maximum absolute atomic E-state index is 11.9. The van der Waals surface area contributed by atoms with Crippen LogP contribution in [0.5, 0.6) is 11.5 Å². The molecule has 1 fully saturated rings. The minimum atomic E-state index is -1.06. The number of hydrogen-bond acceptors (Lipinski definition) is 5. The number of aromatic amines is 1. The summed E-state index contributed by atoms with van der Waals surface area (Å²) in [5, 5.41) is 22.7. The first kappa shape index (κ1) is 25.9. The second kappa shape index (κ2) is 11.0. The molecule has 1 aliphatic rings. The molecule has 0 radical (unpaired) electrons. The topological polar surface area (TPSA) is 98.7 Å². The zero-order chi connectivity index (χ0) is 27.6. The lowest BCUT2D eigenvalue weighted by Gasteiger charge is -2.36. The number of fused-ring (bicyclic) bond motifs is 1. The summed E-state index contributed by atoms with van der Waals surface area (Å²) in [6.45, 7) is 1.46. The lowest BCUT2D eigenvalue weighted by Crippen LogP contribution is -2.35. The molecule has 0 saturated carbocycles. The molecule has 7 nitrogen and oxygen atoms in total. The number of carboxylic acids is 1. The monoisotopic (exact) mass is 553 g/mol. The molecule has 2 aromatic heterocycles. The van der Waals surface area contributed by atoms with Crippen molar-refractivity contribution in [1.82, 2.24) is 9.97 Å². The highest BCUT2D eigenvalue weighted by Crippen LogP contribution is 2.38. The fourth-order valence-corrected chi connectivity index (χ4v) is 5.57. The Morgan fingerprint density at radius 1 is 1.02 bits per heavy atom. The first-order valence-electron chi connectivity index (χ1n) is 13.2. The number of piperidine rings is 1. The van der Waals surface area contributed by atoms with E-state index in [1.807, 2.05) is 66.7 Å². The number of hydrogen-bond donors (Lipinski definition) is 3. The van der Waals surface area contributed by atoms with Gasteiger partial charge in [0.25, 0.3) is 0 Å². The lowest BCUT2D eigenvalue weighted by molar-refractivity contribution is 0.0694. The summed E-state index contributed by atoms with van der Waals surface area (Å²) in [6.07, 6.45) is 4.36. The van der Waals surface area contributed by atoms with Crippen LogP contribution in [0.15, 0.2) is 91.3 Å². The van der Waals surface area contributed by atoms with Crippen LogP contribution >= 0.6 is 11.6 Å². The Kier molecular flexibility index (Phi) is 7.15. The molecule has 0 aliphatic carbocycles. The smallest absolute Gasteiger partial charge is 0.339 e. The van der Waals surface area contributed by atoms with E-state index in [9.17, 15) is 15.0 Å². The predicted octanol–water partition coefficient (Wildman–Crippen LogP) is 7.32. The van der Waals surface area contributed by atoms with Gasteiger partial charge in [-0.15, -0.1) is 0 Å². The van der Waals surface area contributed by atoms with Gasteiger partial charge >= 0.3 is 5.97 Å². The number of carbonyl (C=O) groups is 1. The summed E-state index contributed by atoms with van der Waals surface area (Å²) in [7, 11) is 0. The normalized spacial score (nSPS) is 14.8. The van der Waals surface area contributed by atoms with Crippen LogP contribution in [0.2, 0.25) is 5.02 Å². The van der Waals surface area contributed by atoms with Gasteiger partial charge < -0.3 is 24.8 Å².